The molecule has 0 unspecified atom stereocenters. The highest BCUT2D eigenvalue weighted by Gasteiger charge is 2.54. The van der Waals surface area contributed by atoms with Crippen molar-refractivity contribution in [1.82, 2.24) is 10.2 Å². The molecule has 1 aliphatic heterocycles. The van der Waals surface area contributed by atoms with Crippen LogP contribution in [-0.4, -0.2) is 57.2 Å². The van der Waals surface area contributed by atoms with Crippen molar-refractivity contribution < 1.29 is 23.9 Å². The van der Waals surface area contributed by atoms with Gasteiger partial charge in [-0.25, -0.2) is 4.79 Å². The Morgan fingerprint density at radius 1 is 0.804 bits per heavy atom. The first-order chi connectivity index (χ1) is 22.2. The molecular weight excluding hydrogens is 615 g/mol. The van der Waals surface area contributed by atoms with Gasteiger partial charge in [-0.05, 0) is 42.2 Å². The van der Waals surface area contributed by atoms with E-state index in [1.54, 1.807) is 20.8 Å². The van der Waals surface area contributed by atoms with Gasteiger partial charge in [0.2, 0.25) is 5.91 Å². The van der Waals surface area contributed by atoms with Crippen LogP contribution in [0, 0.1) is 0 Å². The monoisotopic (exact) mass is 652 g/mol. The van der Waals surface area contributed by atoms with Crippen LogP contribution < -0.4 is 21.2 Å². The Labute approximate surface area is 274 Å². The molecule has 1 heterocycles. The van der Waals surface area contributed by atoms with E-state index in [4.69, 9.17) is 4.74 Å². The van der Waals surface area contributed by atoms with E-state index < -0.39 is 35.8 Å². The Morgan fingerprint density at radius 3 is 1.70 bits per heavy atom. The van der Waals surface area contributed by atoms with Crippen LogP contribution in [0.3, 0.4) is 0 Å². The normalized spacial score (nSPS) is 16.2. The number of thioether (sulfide) groups is 1. The van der Waals surface area contributed by atoms with Gasteiger partial charge in [0, 0.05) is 6.89 Å². The van der Waals surface area contributed by atoms with E-state index in [0.717, 1.165) is 27.8 Å². The van der Waals surface area contributed by atoms with Crippen LogP contribution >= 0.6 is 18.6 Å². The minimum absolute atomic E-state index is 0.0640. The van der Waals surface area contributed by atoms with Crippen LogP contribution in [0.1, 0.15) is 26.3 Å². The number of aldehydes is 1. The average Bonchev–Trinajstić information content (AvgIpc) is 3.06. The highest BCUT2D eigenvalue weighted by Crippen LogP contribution is 2.49. The lowest BCUT2D eigenvalue weighted by Crippen LogP contribution is -2.72. The fourth-order valence-electron chi connectivity index (χ4n) is 5.63. The molecule has 4 aromatic rings. The number of esters is 1. The first-order valence-electron chi connectivity index (χ1n) is 15.0. The fourth-order valence-corrected chi connectivity index (χ4v) is 11.1. The molecule has 0 bridgehead atoms. The number of nitrogens with one attached hydrogen (secondary N) is 1. The van der Waals surface area contributed by atoms with E-state index >= 15 is 0 Å². The Kier molecular flexibility index (Phi) is 10.3. The Bertz CT molecular complexity index is 1640. The summed E-state index contributed by atoms with van der Waals surface area (Å²) in [6.07, 6.45) is 0.850. The highest BCUT2D eigenvalue weighted by molar-refractivity contribution is 8.01. The van der Waals surface area contributed by atoms with Crippen molar-refractivity contribution >= 4 is 64.0 Å². The standard InChI is InChI=1S/C37H37N2O5PS/c1-37(2,3)44-36(43)34(39-33(42)32(35(39)46-25-24-40)38-31(41)26-27-16-8-4-9-17-27)45(28-18-10-5-11-19-28,29-20-12-6-13-21-29)30-22-14-7-15-23-30/h4-24,32,35H,25-26H2,1-3H3,(H,38,41)/t32-,35-/m1/s1. The maximum atomic E-state index is 14.7. The number of rotatable bonds is 11. The van der Waals surface area contributed by atoms with Gasteiger partial charge >= 0.3 is 5.97 Å². The molecule has 236 valence electrons. The van der Waals surface area contributed by atoms with Crippen LogP contribution in [0.4, 0.5) is 0 Å². The maximum absolute atomic E-state index is 14.7. The lowest BCUT2D eigenvalue weighted by molar-refractivity contribution is -0.151. The quantitative estimate of drug-likeness (QED) is 0.113. The van der Waals surface area contributed by atoms with E-state index in [-0.39, 0.29) is 23.5 Å². The van der Waals surface area contributed by atoms with Gasteiger partial charge in [0.05, 0.1) is 12.2 Å². The molecule has 4 aromatic carbocycles. The zero-order chi connectivity index (χ0) is 32.7. The zero-order valence-electron chi connectivity index (χ0n) is 26.0. The predicted molar refractivity (Wildman–Crippen MR) is 187 cm³/mol. The van der Waals surface area contributed by atoms with E-state index in [2.05, 4.69) is 5.32 Å². The second kappa shape index (κ2) is 14.4. The first-order valence-corrected chi connectivity index (χ1v) is 17.9. The molecule has 2 amide bonds. The van der Waals surface area contributed by atoms with Crippen LogP contribution in [0.5, 0.6) is 0 Å². The number of hydrogen-bond acceptors (Lipinski definition) is 6. The molecule has 0 aromatic heterocycles. The summed E-state index contributed by atoms with van der Waals surface area (Å²) in [6.45, 7) is 2.26. The van der Waals surface area contributed by atoms with E-state index in [1.165, 1.54) is 16.7 Å². The molecule has 9 heteroatoms. The second-order valence-corrected chi connectivity index (χ2v) is 16.3. The molecule has 7 nitrogen and oxygen atoms in total. The molecule has 2 atom stereocenters. The van der Waals surface area contributed by atoms with Gasteiger partial charge in [-0.15, -0.1) is 11.8 Å². The number of amides is 2. The number of β-lactam (4-membered cyclic amide) rings is 1. The summed E-state index contributed by atoms with van der Waals surface area (Å²) in [5.74, 6) is -1.32. The summed E-state index contributed by atoms with van der Waals surface area (Å²) in [6, 6.07) is 37.5. The Hall–Kier alpha value is -4.39. The molecule has 0 saturated carbocycles. The third-order valence-corrected chi connectivity index (χ3v) is 12.9. The maximum Gasteiger partial charge on any atom is 0.356 e. The summed E-state index contributed by atoms with van der Waals surface area (Å²) in [4.78, 5) is 55.4. The smallest absolute Gasteiger partial charge is 0.356 e. The van der Waals surface area contributed by atoms with E-state index in [0.29, 0.717) is 0 Å². The SMILES string of the molecule is CC(C)(C)OC(=O)C(N1C(=O)[C@@H](NC(=O)Cc2ccccc2)[C@H]1SCC=O)=P(c1ccccc1)(c1ccccc1)c1ccccc1. The van der Waals surface area contributed by atoms with Gasteiger partial charge in [0.25, 0.3) is 5.91 Å². The molecule has 1 saturated heterocycles. The summed E-state index contributed by atoms with van der Waals surface area (Å²) in [5.41, 5.74) is 0.141. The number of carbonyl (C=O) groups excluding carboxylic acids is 4. The van der Waals surface area contributed by atoms with Gasteiger partial charge in [-0.2, -0.15) is 0 Å². The summed E-state index contributed by atoms with van der Waals surface area (Å²) in [5, 5.41) is 4.74. The number of benzene rings is 4. The number of hydrogen-bond donors (Lipinski definition) is 1. The van der Waals surface area contributed by atoms with Crippen molar-refractivity contribution in [3.05, 3.63) is 127 Å². The lowest BCUT2D eigenvalue weighted by Gasteiger charge is -2.49. The number of carbonyl (C=O) groups is 4. The fraction of sp³-hybridized carbons (Fsp3) is 0.216. The van der Waals surface area contributed by atoms with Crippen LogP contribution in [-0.2, 0) is 30.3 Å². The number of nitrogens with zero attached hydrogens (tertiary/aromatic N) is 1. The average molecular weight is 653 g/mol. The van der Waals surface area contributed by atoms with Crippen molar-refractivity contribution in [2.45, 2.75) is 44.2 Å². The number of likely N-dealkylation sites (tertiary alicyclic amines) is 1. The molecule has 46 heavy (non-hydrogen) atoms. The van der Waals surface area contributed by atoms with Gasteiger partial charge in [0.1, 0.15) is 28.7 Å². The van der Waals surface area contributed by atoms with Crippen LogP contribution in [0.2, 0.25) is 0 Å². The minimum Gasteiger partial charge on any atom is -0.455 e. The number of ether oxygens (including phenoxy) is 1. The van der Waals surface area contributed by atoms with Gasteiger partial charge < -0.3 is 14.8 Å². The minimum atomic E-state index is -3.12. The topological polar surface area (TPSA) is 92.8 Å². The lowest BCUT2D eigenvalue weighted by atomic mass is 10.1. The third-order valence-electron chi connectivity index (χ3n) is 7.46. The molecular formula is C37H37N2O5PS. The molecule has 1 aliphatic rings. The molecule has 0 aliphatic carbocycles. The Balaban J connectivity index is 1.77. The summed E-state index contributed by atoms with van der Waals surface area (Å²) >= 11 is 1.21. The van der Waals surface area contributed by atoms with Crippen molar-refractivity contribution in [2.75, 3.05) is 5.75 Å². The zero-order valence-corrected chi connectivity index (χ0v) is 27.7. The molecule has 1 fully saturated rings. The molecule has 0 radical (unpaired) electrons. The van der Waals surface area contributed by atoms with E-state index in [1.807, 2.05) is 121 Å². The summed E-state index contributed by atoms with van der Waals surface area (Å²) in [7, 11) is 0. The van der Waals surface area contributed by atoms with Crippen LogP contribution in [0.25, 0.3) is 0 Å². The van der Waals surface area contributed by atoms with Crippen molar-refractivity contribution in [2.24, 2.45) is 0 Å². The second-order valence-electron chi connectivity index (χ2n) is 11.8. The summed E-state index contributed by atoms with van der Waals surface area (Å²) < 4.78 is 6.12. The van der Waals surface area contributed by atoms with Crippen molar-refractivity contribution in [1.29, 1.82) is 0 Å². The van der Waals surface area contributed by atoms with Crippen molar-refractivity contribution in [3.8, 4) is 0 Å². The first kappa shape index (κ1) is 33.0. The van der Waals surface area contributed by atoms with Gasteiger partial charge in [-0.3, -0.25) is 14.5 Å². The highest BCUT2D eigenvalue weighted by atomic mass is 32.2. The largest absolute Gasteiger partial charge is 0.455 e. The van der Waals surface area contributed by atoms with Crippen LogP contribution in [0.15, 0.2) is 121 Å². The Morgan fingerprint density at radius 2 is 1.26 bits per heavy atom. The molecule has 5 rings (SSSR count). The van der Waals surface area contributed by atoms with Gasteiger partial charge in [0.15, 0.2) is 0 Å². The van der Waals surface area contributed by atoms with Gasteiger partial charge in [-0.1, -0.05) is 121 Å². The molecule has 1 N–H and O–H groups in total. The van der Waals surface area contributed by atoms with E-state index in [9.17, 15) is 19.2 Å². The molecule has 0 spiro atoms. The van der Waals surface area contributed by atoms with Crippen molar-refractivity contribution in [3.63, 3.8) is 0 Å². The third kappa shape index (κ3) is 6.88. The predicted octanol–water partition coefficient (Wildman–Crippen LogP) is 4.28.